The topological polar surface area (TPSA) is 76.7 Å². The summed E-state index contributed by atoms with van der Waals surface area (Å²) in [5.41, 5.74) is 1.74. The van der Waals surface area contributed by atoms with Gasteiger partial charge >= 0.3 is 0 Å². The maximum absolute atomic E-state index is 12.5. The van der Waals surface area contributed by atoms with Gasteiger partial charge < -0.3 is 20.1 Å². The van der Waals surface area contributed by atoms with E-state index in [9.17, 15) is 9.59 Å². The van der Waals surface area contributed by atoms with Crippen LogP contribution in [0.3, 0.4) is 0 Å². The lowest BCUT2D eigenvalue weighted by Crippen LogP contribution is -2.24. The second kappa shape index (κ2) is 10.4. The predicted octanol–water partition coefficient (Wildman–Crippen LogP) is 3.72. The minimum absolute atomic E-state index is 0.0894. The molecule has 3 rings (SSSR count). The van der Waals surface area contributed by atoms with Crippen LogP contribution in [0.15, 0.2) is 36.4 Å². The molecule has 1 atom stereocenters. The van der Waals surface area contributed by atoms with Crippen LogP contribution in [0.4, 0.5) is 5.69 Å². The molecule has 1 saturated heterocycles. The maximum atomic E-state index is 12.5. The van der Waals surface area contributed by atoms with E-state index in [1.807, 2.05) is 30.3 Å². The molecule has 1 unspecified atom stereocenters. The Morgan fingerprint density at radius 1 is 1.25 bits per heavy atom. The van der Waals surface area contributed by atoms with E-state index >= 15 is 0 Å². The van der Waals surface area contributed by atoms with Gasteiger partial charge in [-0.05, 0) is 49.1 Å². The summed E-state index contributed by atoms with van der Waals surface area (Å²) in [6, 6.07) is 11.3. The maximum Gasteiger partial charge on any atom is 0.265 e. The lowest BCUT2D eigenvalue weighted by molar-refractivity contribution is -0.119. The lowest BCUT2D eigenvalue weighted by Gasteiger charge is -2.22. The van der Waals surface area contributed by atoms with Crippen LogP contribution in [0.1, 0.15) is 46.3 Å². The second-order valence-corrected chi connectivity index (χ2v) is 8.00. The number of anilines is 1. The Kier molecular flexibility index (Phi) is 7.59. The monoisotopic (exact) mass is 402 g/mol. The summed E-state index contributed by atoms with van der Waals surface area (Å²) < 4.78 is 11.5. The van der Waals surface area contributed by atoms with Crippen LogP contribution < -0.4 is 10.6 Å². The van der Waals surface area contributed by atoms with E-state index in [0.717, 1.165) is 35.6 Å². The number of thiophene rings is 1. The van der Waals surface area contributed by atoms with E-state index in [4.69, 9.17) is 9.47 Å². The summed E-state index contributed by atoms with van der Waals surface area (Å²) in [6.45, 7) is 3.82. The molecule has 0 spiro atoms. The average Bonchev–Trinajstić information content (AvgIpc) is 3.17. The Morgan fingerprint density at radius 3 is 2.93 bits per heavy atom. The van der Waals surface area contributed by atoms with Crippen LogP contribution in [0.5, 0.6) is 0 Å². The van der Waals surface area contributed by atoms with Gasteiger partial charge in [-0.2, -0.15) is 0 Å². The zero-order valence-electron chi connectivity index (χ0n) is 16.0. The van der Waals surface area contributed by atoms with Crippen molar-refractivity contribution in [2.75, 3.05) is 18.5 Å². The molecule has 2 aromatic rings. The second-order valence-electron chi connectivity index (χ2n) is 6.83. The lowest BCUT2D eigenvalue weighted by atomic mass is 10.1. The van der Waals surface area contributed by atoms with Gasteiger partial charge in [-0.15, -0.1) is 11.3 Å². The molecule has 6 nitrogen and oxygen atoms in total. The Labute approximate surface area is 169 Å². The number of amides is 2. The molecule has 28 heavy (non-hydrogen) atoms. The highest BCUT2D eigenvalue weighted by Gasteiger charge is 2.14. The number of rotatable bonds is 8. The van der Waals surface area contributed by atoms with Crippen molar-refractivity contribution in [1.29, 1.82) is 0 Å². The minimum atomic E-state index is -0.159. The third kappa shape index (κ3) is 6.44. The van der Waals surface area contributed by atoms with Gasteiger partial charge in [0.15, 0.2) is 0 Å². The van der Waals surface area contributed by atoms with E-state index in [1.54, 1.807) is 6.07 Å². The number of ether oxygens (including phenoxy) is 2. The molecular formula is C21H26N2O4S. The third-order valence-corrected chi connectivity index (χ3v) is 5.51. The molecule has 0 bridgehead atoms. The third-order valence-electron chi connectivity index (χ3n) is 4.43. The average molecular weight is 403 g/mol. The molecule has 7 heteroatoms. The van der Waals surface area contributed by atoms with Gasteiger partial charge in [0.25, 0.3) is 5.91 Å². The summed E-state index contributed by atoms with van der Waals surface area (Å²) in [7, 11) is 0. The van der Waals surface area contributed by atoms with Crippen LogP contribution in [0.25, 0.3) is 0 Å². The number of carbonyl (C=O) groups excluding carboxylic acids is 2. The molecule has 1 aliphatic rings. The first-order valence-electron chi connectivity index (χ1n) is 9.53. The molecule has 0 radical (unpaired) electrons. The van der Waals surface area contributed by atoms with Gasteiger partial charge in [0.1, 0.15) is 0 Å². The van der Waals surface area contributed by atoms with Gasteiger partial charge in [0.05, 0.1) is 30.7 Å². The highest BCUT2D eigenvalue weighted by atomic mass is 32.1. The van der Waals surface area contributed by atoms with Gasteiger partial charge in [-0.1, -0.05) is 12.1 Å². The number of nitrogens with one attached hydrogen (secondary N) is 2. The predicted molar refractivity (Wildman–Crippen MR) is 109 cm³/mol. The number of carbonyl (C=O) groups is 2. The van der Waals surface area contributed by atoms with Crippen LogP contribution in [0.2, 0.25) is 0 Å². The Hall–Kier alpha value is -2.22. The van der Waals surface area contributed by atoms with Crippen molar-refractivity contribution in [1.82, 2.24) is 5.32 Å². The highest BCUT2D eigenvalue weighted by molar-refractivity contribution is 7.14. The number of benzene rings is 1. The summed E-state index contributed by atoms with van der Waals surface area (Å²) in [6.07, 6.45) is 3.59. The minimum Gasteiger partial charge on any atom is -0.376 e. The van der Waals surface area contributed by atoms with Crippen molar-refractivity contribution in [2.45, 2.75) is 45.4 Å². The van der Waals surface area contributed by atoms with Crippen LogP contribution >= 0.6 is 11.3 Å². The molecular weight excluding hydrogens is 376 g/mol. The first kappa shape index (κ1) is 20.5. The zero-order chi connectivity index (χ0) is 19.8. The molecule has 2 N–H and O–H groups in total. The van der Waals surface area contributed by atoms with E-state index in [0.29, 0.717) is 24.6 Å². The first-order chi connectivity index (χ1) is 13.6. The van der Waals surface area contributed by atoms with Crippen LogP contribution in [-0.2, 0) is 27.4 Å². The van der Waals surface area contributed by atoms with Crippen molar-refractivity contribution in [2.24, 2.45) is 0 Å². The van der Waals surface area contributed by atoms with E-state index in [-0.39, 0.29) is 17.9 Å². The van der Waals surface area contributed by atoms with Crippen molar-refractivity contribution < 1.29 is 19.1 Å². The molecule has 150 valence electrons. The standard InChI is InChI=1S/C21H26N2O4S/c1-15(24)22-12-19-8-9-20(28-19)21(25)23-17-6-4-5-16(11-17)13-26-14-18-7-2-3-10-27-18/h4-6,8-9,11,18H,2-3,7,10,12-14H2,1H3,(H,22,24)(H,23,25). The summed E-state index contributed by atoms with van der Waals surface area (Å²) in [4.78, 5) is 25.0. The summed E-state index contributed by atoms with van der Waals surface area (Å²) in [5, 5.41) is 5.65. The zero-order valence-corrected chi connectivity index (χ0v) is 16.8. The molecule has 1 aromatic heterocycles. The van der Waals surface area contributed by atoms with Gasteiger partial charge in [0.2, 0.25) is 5.91 Å². The van der Waals surface area contributed by atoms with Crippen molar-refractivity contribution in [3.05, 3.63) is 51.7 Å². The molecule has 2 heterocycles. The van der Waals surface area contributed by atoms with Crippen LogP contribution in [0, 0.1) is 0 Å². The Morgan fingerprint density at radius 2 is 2.14 bits per heavy atom. The van der Waals surface area contributed by atoms with Crippen LogP contribution in [-0.4, -0.2) is 31.1 Å². The van der Waals surface area contributed by atoms with Gasteiger partial charge in [0, 0.05) is 24.1 Å². The largest absolute Gasteiger partial charge is 0.376 e. The van der Waals surface area contributed by atoms with Crippen molar-refractivity contribution in [3.63, 3.8) is 0 Å². The van der Waals surface area contributed by atoms with E-state index in [2.05, 4.69) is 10.6 Å². The molecule has 0 saturated carbocycles. The van der Waals surface area contributed by atoms with Gasteiger partial charge in [-0.25, -0.2) is 0 Å². The summed E-state index contributed by atoms with van der Waals surface area (Å²) in [5.74, 6) is -0.249. The highest BCUT2D eigenvalue weighted by Crippen LogP contribution is 2.19. The fourth-order valence-electron chi connectivity index (χ4n) is 2.99. The van der Waals surface area contributed by atoms with E-state index < -0.39 is 0 Å². The molecule has 1 aromatic carbocycles. The SMILES string of the molecule is CC(=O)NCc1ccc(C(=O)Nc2cccc(COCC3CCCCO3)c2)s1. The smallest absolute Gasteiger partial charge is 0.265 e. The quantitative estimate of drug-likeness (QED) is 0.706. The molecule has 2 amide bonds. The van der Waals surface area contributed by atoms with Crippen molar-refractivity contribution >= 4 is 28.8 Å². The Balaban J connectivity index is 1.49. The van der Waals surface area contributed by atoms with Gasteiger partial charge in [-0.3, -0.25) is 9.59 Å². The fourth-order valence-corrected chi connectivity index (χ4v) is 3.83. The normalized spacial score (nSPS) is 16.5. The van der Waals surface area contributed by atoms with E-state index in [1.165, 1.54) is 24.7 Å². The molecule has 1 fully saturated rings. The number of hydrogen-bond acceptors (Lipinski definition) is 5. The fraction of sp³-hybridized carbons (Fsp3) is 0.429. The Bertz CT molecular complexity index is 799. The number of hydrogen-bond donors (Lipinski definition) is 2. The van der Waals surface area contributed by atoms with Crippen molar-refractivity contribution in [3.8, 4) is 0 Å². The molecule has 0 aliphatic carbocycles. The first-order valence-corrected chi connectivity index (χ1v) is 10.3. The molecule has 1 aliphatic heterocycles. The summed E-state index contributed by atoms with van der Waals surface area (Å²) >= 11 is 1.37.